The molecule has 0 aromatic carbocycles. The summed E-state index contributed by atoms with van der Waals surface area (Å²) < 4.78 is 32.2. The van der Waals surface area contributed by atoms with Crippen LogP contribution in [0.3, 0.4) is 0 Å². The lowest BCUT2D eigenvalue weighted by Gasteiger charge is -2.14. The number of carbonyl (C=O) groups is 1. The highest BCUT2D eigenvalue weighted by molar-refractivity contribution is 5.86. The van der Waals surface area contributed by atoms with Gasteiger partial charge in [0.2, 0.25) is 0 Å². The summed E-state index contributed by atoms with van der Waals surface area (Å²) in [5.74, 6) is 0.272. The van der Waals surface area contributed by atoms with Crippen LogP contribution >= 0.6 is 0 Å². The minimum Gasteiger partial charge on any atom is -0.460 e. The zero-order chi connectivity index (χ0) is 21.6. The second-order valence-electron chi connectivity index (χ2n) is 6.86. The molecule has 0 fully saturated rings. The van der Waals surface area contributed by atoms with E-state index in [2.05, 4.69) is 20.4 Å². The molecule has 7 heteroatoms. The maximum atomic E-state index is 11.1. The first-order chi connectivity index (χ1) is 14.1. The monoisotopic (exact) mass is 418 g/mol. The number of hydrogen-bond donors (Lipinski definition) is 0. The van der Waals surface area contributed by atoms with Crippen LogP contribution in [0.2, 0.25) is 0 Å². The first kappa shape index (κ1) is 28.0. The second kappa shape index (κ2) is 21.7. The fourth-order valence-corrected chi connectivity index (χ4v) is 2.34. The lowest BCUT2D eigenvalue weighted by Crippen LogP contribution is -2.15. The van der Waals surface area contributed by atoms with E-state index in [4.69, 9.17) is 28.4 Å². The van der Waals surface area contributed by atoms with Crippen LogP contribution in [0.25, 0.3) is 0 Å². The summed E-state index contributed by atoms with van der Waals surface area (Å²) in [5.41, 5.74) is 0.384. The quantitative estimate of drug-likeness (QED) is 0.152. The van der Waals surface area contributed by atoms with Crippen LogP contribution < -0.4 is 0 Å². The zero-order valence-electron chi connectivity index (χ0n) is 18.7. The summed E-state index contributed by atoms with van der Waals surface area (Å²) in [6.45, 7) is 15.2. The molecule has 0 N–H and O–H groups in total. The molecule has 0 aromatic rings. The van der Waals surface area contributed by atoms with E-state index < -0.39 is 5.97 Å². The van der Waals surface area contributed by atoms with Crippen molar-refractivity contribution in [3.63, 3.8) is 0 Å². The third-order valence-electron chi connectivity index (χ3n) is 4.19. The van der Waals surface area contributed by atoms with Crippen LogP contribution in [-0.2, 0) is 33.2 Å². The van der Waals surface area contributed by atoms with Crippen LogP contribution in [0.4, 0.5) is 0 Å². The molecule has 0 amide bonds. The second-order valence-corrected chi connectivity index (χ2v) is 6.86. The molecule has 29 heavy (non-hydrogen) atoms. The van der Waals surface area contributed by atoms with E-state index in [0.717, 1.165) is 6.61 Å². The Hall–Kier alpha value is -0.990. The van der Waals surface area contributed by atoms with Crippen molar-refractivity contribution in [3.05, 3.63) is 12.2 Å². The smallest absolute Gasteiger partial charge is 0.333 e. The number of carbonyl (C=O) groups excluding carboxylic acids is 1. The number of unbranched alkanes of at least 4 members (excludes halogenated alkanes) is 1. The summed E-state index contributed by atoms with van der Waals surface area (Å²) in [6, 6.07) is 0. The molecule has 1 unspecified atom stereocenters. The molecule has 0 saturated carbocycles. The fourth-order valence-electron chi connectivity index (χ4n) is 2.34. The van der Waals surface area contributed by atoms with Crippen LogP contribution in [0.5, 0.6) is 0 Å². The lowest BCUT2D eigenvalue weighted by atomic mass is 10.0. The van der Waals surface area contributed by atoms with Gasteiger partial charge in [-0.3, -0.25) is 0 Å². The van der Waals surface area contributed by atoms with Gasteiger partial charge in [-0.2, -0.15) is 0 Å². The Labute approximate surface area is 177 Å². The van der Waals surface area contributed by atoms with E-state index in [1.807, 2.05) is 0 Å². The summed E-state index contributed by atoms with van der Waals surface area (Å²) >= 11 is 0. The predicted molar refractivity (Wildman–Crippen MR) is 113 cm³/mol. The third-order valence-corrected chi connectivity index (χ3v) is 4.19. The van der Waals surface area contributed by atoms with Gasteiger partial charge >= 0.3 is 5.97 Å². The Morgan fingerprint density at radius 2 is 1.21 bits per heavy atom. The Morgan fingerprint density at radius 1 is 0.759 bits per heavy atom. The van der Waals surface area contributed by atoms with Crippen molar-refractivity contribution in [1.82, 2.24) is 0 Å². The average molecular weight is 419 g/mol. The molecule has 172 valence electrons. The number of ether oxygens (including phenoxy) is 6. The van der Waals surface area contributed by atoms with E-state index >= 15 is 0 Å². The average Bonchev–Trinajstić information content (AvgIpc) is 2.72. The molecule has 0 aromatic heterocycles. The Morgan fingerprint density at radius 3 is 1.62 bits per heavy atom. The van der Waals surface area contributed by atoms with Gasteiger partial charge < -0.3 is 28.4 Å². The van der Waals surface area contributed by atoms with Gasteiger partial charge in [-0.25, -0.2) is 4.79 Å². The highest BCUT2D eigenvalue weighted by Gasteiger charge is 2.05. The van der Waals surface area contributed by atoms with Crippen molar-refractivity contribution < 1.29 is 33.2 Å². The minimum atomic E-state index is -0.397. The van der Waals surface area contributed by atoms with Gasteiger partial charge in [-0.1, -0.05) is 39.7 Å². The molecule has 0 aliphatic rings. The Kier molecular flexibility index (Phi) is 21.0. The molecule has 0 saturated heterocycles. The molecule has 0 bridgehead atoms. The molecule has 0 aliphatic carbocycles. The summed E-state index contributed by atoms with van der Waals surface area (Å²) in [7, 11) is 0. The molecule has 0 spiro atoms. The van der Waals surface area contributed by atoms with Crippen molar-refractivity contribution in [2.75, 3.05) is 72.7 Å². The third kappa shape index (κ3) is 20.1. The molecule has 1 atom stereocenters. The zero-order valence-corrected chi connectivity index (χ0v) is 18.7. The first-order valence-electron chi connectivity index (χ1n) is 10.8. The molecule has 0 rings (SSSR count). The van der Waals surface area contributed by atoms with Gasteiger partial charge in [-0.05, 0) is 19.3 Å². The summed E-state index contributed by atoms with van der Waals surface area (Å²) in [6.07, 6.45) is 4.95. The molecule has 0 heterocycles. The van der Waals surface area contributed by atoms with Crippen molar-refractivity contribution in [1.29, 1.82) is 0 Å². The molecular weight excluding hydrogens is 376 g/mol. The van der Waals surface area contributed by atoms with Gasteiger partial charge in [0.05, 0.1) is 59.5 Å². The normalized spacial score (nSPS) is 12.1. The van der Waals surface area contributed by atoms with Gasteiger partial charge in [0, 0.05) is 12.2 Å². The van der Waals surface area contributed by atoms with Gasteiger partial charge in [0.25, 0.3) is 0 Å². The van der Waals surface area contributed by atoms with E-state index in [0.29, 0.717) is 71.0 Å². The maximum absolute atomic E-state index is 11.1. The van der Waals surface area contributed by atoms with Crippen LogP contribution in [0.1, 0.15) is 46.5 Å². The van der Waals surface area contributed by atoms with Gasteiger partial charge in [-0.15, -0.1) is 0 Å². The summed E-state index contributed by atoms with van der Waals surface area (Å²) in [4.78, 5) is 11.1. The topological polar surface area (TPSA) is 72.5 Å². The van der Waals surface area contributed by atoms with Crippen LogP contribution in [0.15, 0.2) is 12.2 Å². The largest absolute Gasteiger partial charge is 0.460 e. The number of esters is 1. The van der Waals surface area contributed by atoms with Crippen molar-refractivity contribution in [2.24, 2.45) is 5.92 Å². The van der Waals surface area contributed by atoms with E-state index in [9.17, 15) is 4.79 Å². The van der Waals surface area contributed by atoms with Crippen LogP contribution in [-0.4, -0.2) is 78.6 Å². The van der Waals surface area contributed by atoms with Crippen LogP contribution in [0, 0.1) is 5.92 Å². The van der Waals surface area contributed by atoms with Crippen molar-refractivity contribution >= 4 is 5.97 Å². The van der Waals surface area contributed by atoms with E-state index in [1.165, 1.54) is 25.7 Å². The molecule has 7 nitrogen and oxygen atoms in total. The molecule has 0 radical (unpaired) electrons. The van der Waals surface area contributed by atoms with Crippen molar-refractivity contribution in [3.8, 4) is 0 Å². The first-order valence-corrected chi connectivity index (χ1v) is 10.8. The predicted octanol–water partition coefficient (Wildman–Crippen LogP) is 3.41. The number of hydrogen-bond acceptors (Lipinski definition) is 7. The summed E-state index contributed by atoms with van der Waals surface area (Å²) in [5, 5.41) is 0. The maximum Gasteiger partial charge on any atom is 0.333 e. The highest BCUT2D eigenvalue weighted by Crippen LogP contribution is 2.12. The lowest BCUT2D eigenvalue weighted by molar-refractivity contribution is -0.140. The van der Waals surface area contributed by atoms with Crippen molar-refractivity contribution in [2.45, 2.75) is 46.5 Å². The van der Waals surface area contributed by atoms with Gasteiger partial charge in [0.1, 0.15) is 6.61 Å². The minimum absolute atomic E-state index is 0.220. The SMILES string of the molecule is C=C(C)C(=O)OCCOCCOCCOCCOCCOCC(CC)CCCC. The van der Waals surface area contributed by atoms with E-state index in [-0.39, 0.29) is 6.61 Å². The number of rotatable bonds is 22. The Bertz CT molecular complexity index is 387. The van der Waals surface area contributed by atoms with E-state index in [1.54, 1.807) is 6.92 Å². The molecular formula is C22H42O7. The molecule has 0 aliphatic heterocycles. The highest BCUT2D eigenvalue weighted by atomic mass is 16.6. The van der Waals surface area contributed by atoms with Gasteiger partial charge in [0.15, 0.2) is 0 Å². The standard InChI is InChI=1S/C22H42O7/c1-5-7-8-21(6-2)19-28-16-15-26-12-11-24-9-10-25-13-14-27-17-18-29-22(23)20(3)4/h21H,3,5-19H2,1-2,4H3. The Balaban J connectivity index is 3.18. The fraction of sp³-hybridized carbons (Fsp3) is 0.864.